The van der Waals surface area contributed by atoms with E-state index in [1.165, 1.54) is 0 Å². The lowest BCUT2D eigenvalue weighted by Gasteiger charge is -2.40. The van der Waals surface area contributed by atoms with Crippen LogP contribution in [0.15, 0.2) is 24.3 Å². The molecule has 0 spiro atoms. The molecular weight excluding hydrogens is 254 g/mol. The molecule has 110 valence electrons. The zero-order chi connectivity index (χ0) is 14.8. The van der Waals surface area contributed by atoms with Gasteiger partial charge in [0.1, 0.15) is 5.54 Å². The van der Waals surface area contributed by atoms with Crippen molar-refractivity contribution in [2.45, 2.75) is 45.3 Å². The molecular formula is C16H23NO3. The van der Waals surface area contributed by atoms with E-state index in [2.05, 4.69) is 19.2 Å². The van der Waals surface area contributed by atoms with Gasteiger partial charge in [-0.25, -0.2) is 4.79 Å². The fourth-order valence-corrected chi connectivity index (χ4v) is 2.59. The van der Waals surface area contributed by atoms with E-state index < -0.39 is 11.5 Å². The first kappa shape index (κ1) is 14.9. The van der Waals surface area contributed by atoms with Crippen LogP contribution in [0.25, 0.3) is 0 Å². The summed E-state index contributed by atoms with van der Waals surface area (Å²) in [5.41, 5.74) is 1.08. The molecule has 20 heavy (non-hydrogen) atoms. The van der Waals surface area contributed by atoms with Crippen LogP contribution in [0.2, 0.25) is 0 Å². The summed E-state index contributed by atoms with van der Waals surface area (Å²) in [6.07, 6.45) is 0.964. The summed E-state index contributed by atoms with van der Waals surface area (Å²) >= 11 is 0. The standard InChI is InChI=1S/C16H23NO3/c1-11(2)14-10-16(15(18)19,8-9-20-14)17-13-6-4-12(3)5-7-13/h4-7,11,14,17H,8-10H2,1-3H3,(H,18,19). The molecule has 0 saturated carbocycles. The number of ether oxygens (including phenoxy) is 1. The fourth-order valence-electron chi connectivity index (χ4n) is 2.59. The molecule has 4 heteroatoms. The highest BCUT2D eigenvalue weighted by Crippen LogP contribution is 2.32. The highest BCUT2D eigenvalue weighted by Gasteiger charge is 2.44. The van der Waals surface area contributed by atoms with Gasteiger partial charge in [0.05, 0.1) is 6.10 Å². The summed E-state index contributed by atoms with van der Waals surface area (Å²) in [6, 6.07) is 7.83. The molecule has 2 N–H and O–H groups in total. The lowest BCUT2D eigenvalue weighted by molar-refractivity contribution is -0.149. The maximum absolute atomic E-state index is 11.8. The third kappa shape index (κ3) is 3.12. The molecule has 1 fully saturated rings. The largest absolute Gasteiger partial charge is 0.480 e. The third-order valence-corrected chi connectivity index (χ3v) is 4.00. The van der Waals surface area contributed by atoms with Crippen molar-refractivity contribution in [2.75, 3.05) is 11.9 Å². The zero-order valence-corrected chi connectivity index (χ0v) is 12.3. The van der Waals surface area contributed by atoms with Crippen LogP contribution in [0.3, 0.4) is 0 Å². The van der Waals surface area contributed by atoms with Gasteiger partial charge in [0.15, 0.2) is 0 Å². The fraction of sp³-hybridized carbons (Fsp3) is 0.562. The van der Waals surface area contributed by atoms with Crippen molar-refractivity contribution in [3.8, 4) is 0 Å². The number of benzene rings is 1. The van der Waals surface area contributed by atoms with Crippen LogP contribution in [0, 0.1) is 12.8 Å². The molecule has 1 aliphatic rings. The van der Waals surface area contributed by atoms with Crippen LogP contribution in [-0.2, 0) is 9.53 Å². The molecule has 1 aromatic carbocycles. The van der Waals surface area contributed by atoms with Crippen LogP contribution in [0.1, 0.15) is 32.3 Å². The van der Waals surface area contributed by atoms with E-state index in [0.717, 1.165) is 11.3 Å². The molecule has 0 aromatic heterocycles. The van der Waals surface area contributed by atoms with Crippen LogP contribution in [0.5, 0.6) is 0 Å². The van der Waals surface area contributed by atoms with Gasteiger partial charge >= 0.3 is 5.97 Å². The Kier molecular flexibility index (Phi) is 4.33. The smallest absolute Gasteiger partial charge is 0.329 e. The van der Waals surface area contributed by atoms with Gasteiger partial charge in [-0.1, -0.05) is 31.5 Å². The van der Waals surface area contributed by atoms with Gasteiger partial charge in [-0.2, -0.15) is 0 Å². The van der Waals surface area contributed by atoms with Crippen molar-refractivity contribution in [3.05, 3.63) is 29.8 Å². The van der Waals surface area contributed by atoms with Crippen LogP contribution >= 0.6 is 0 Å². The van der Waals surface area contributed by atoms with Gasteiger partial charge < -0.3 is 15.2 Å². The predicted octanol–water partition coefficient (Wildman–Crippen LogP) is 3.07. The summed E-state index contributed by atoms with van der Waals surface area (Å²) in [5.74, 6) is -0.485. The third-order valence-electron chi connectivity index (χ3n) is 4.00. The van der Waals surface area contributed by atoms with Gasteiger partial charge in [-0.3, -0.25) is 0 Å². The summed E-state index contributed by atoms with van der Waals surface area (Å²) in [7, 11) is 0. The number of anilines is 1. The van der Waals surface area contributed by atoms with Gasteiger partial charge in [-0.05, 0) is 25.0 Å². The highest BCUT2D eigenvalue weighted by molar-refractivity contribution is 5.83. The molecule has 1 heterocycles. The van der Waals surface area contributed by atoms with E-state index in [9.17, 15) is 9.90 Å². The van der Waals surface area contributed by atoms with E-state index >= 15 is 0 Å². The van der Waals surface area contributed by atoms with Crippen LogP contribution < -0.4 is 5.32 Å². The van der Waals surface area contributed by atoms with Crippen LogP contribution in [-0.4, -0.2) is 29.3 Å². The summed E-state index contributed by atoms with van der Waals surface area (Å²) < 4.78 is 5.70. The molecule has 0 aliphatic carbocycles. The van der Waals surface area contributed by atoms with E-state index in [0.29, 0.717) is 25.4 Å². The maximum Gasteiger partial charge on any atom is 0.329 e. The van der Waals surface area contributed by atoms with Crippen molar-refractivity contribution >= 4 is 11.7 Å². The normalized spacial score (nSPS) is 26.5. The zero-order valence-electron chi connectivity index (χ0n) is 12.3. The average Bonchev–Trinajstić information content (AvgIpc) is 2.41. The van der Waals surface area contributed by atoms with E-state index in [1.54, 1.807) is 0 Å². The Morgan fingerprint density at radius 3 is 2.60 bits per heavy atom. The SMILES string of the molecule is Cc1ccc(NC2(C(=O)O)CCOC(C(C)C)C2)cc1. The maximum atomic E-state index is 11.8. The molecule has 0 radical (unpaired) electrons. The first-order valence-electron chi connectivity index (χ1n) is 7.13. The highest BCUT2D eigenvalue weighted by atomic mass is 16.5. The Hall–Kier alpha value is -1.55. The Labute approximate surface area is 120 Å². The Morgan fingerprint density at radius 1 is 1.40 bits per heavy atom. The number of carbonyl (C=O) groups is 1. The van der Waals surface area contributed by atoms with Crippen molar-refractivity contribution in [2.24, 2.45) is 5.92 Å². The van der Waals surface area contributed by atoms with E-state index in [1.807, 2.05) is 31.2 Å². The minimum atomic E-state index is -0.928. The van der Waals surface area contributed by atoms with Crippen LogP contribution in [0.4, 0.5) is 5.69 Å². The average molecular weight is 277 g/mol. The second-order valence-electron chi connectivity index (χ2n) is 5.99. The second-order valence-corrected chi connectivity index (χ2v) is 5.99. The number of aryl methyl sites for hydroxylation is 1. The van der Waals surface area contributed by atoms with Gasteiger partial charge in [0.2, 0.25) is 0 Å². The van der Waals surface area contributed by atoms with Gasteiger partial charge in [-0.15, -0.1) is 0 Å². The Morgan fingerprint density at radius 2 is 2.05 bits per heavy atom. The minimum absolute atomic E-state index is 0.0159. The molecule has 1 saturated heterocycles. The van der Waals surface area contributed by atoms with E-state index in [-0.39, 0.29) is 6.10 Å². The number of nitrogens with one attached hydrogen (secondary N) is 1. The summed E-state index contributed by atoms with van der Waals surface area (Å²) in [4.78, 5) is 11.8. The first-order chi connectivity index (χ1) is 9.43. The molecule has 0 amide bonds. The molecule has 2 unspecified atom stereocenters. The van der Waals surface area contributed by atoms with Crippen molar-refractivity contribution < 1.29 is 14.6 Å². The summed E-state index contributed by atoms with van der Waals surface area (Å²) in [5, 5.41) is 12.9. The number of hydrogen-bond acceptors (Lipinski definition) is 3. The molecule has 4 nitrogen and oxygen atoms in total. The number of aliphatic carboxylic acids is 1. The molecule has 2 rings (SSSR count). The van der Waals surface area contributed by atoms with Crippen molar-refractivity contribution in [1.82, 2.24) is 0 Å². The minimum Gasteiger partial charge on any atom is -0.480 e. The number of hydrogen-bond donors (Lipinski definition) is 2. The quantitative estimate of drug-likeness (QED) is 0.888. The monoisotopic (exact) mass is 277 g/mol. The molecule has 0 bridgehead atoms. The van der Waals surface area contributed by atoms with Crippen molar-refractivity contribution in [3.63, 3.8) is 0 Å². The van der Waals surface area contributed by atoms with E-state index in [4.69, 9.17) is 4.74 Å². The first-order valence-corrected chi connectivity index (χ1v) is 7.13. The van der Waals surface area contributed by atoms with Gasteiger partial charge in [0, 0.05) is 25.1 Å². The molecule has 1 aliphatic heterocycles. The lowest BCUT2D eigenvalue weighted by Crippen LogP contribution is -2.53. The Balaban J connectivity index is 2.21. The number of carboxylic acids is 1. The number of carboxylic acid groups (broad SMARTS) is 1. The number of rotatable bonds is 4. The summed E-state index contributed by atoms with van der Waals surface area (Å²) in [6.45, 7) is 6.62. The molecule has 2 atom stereocenters. The topological polar surface area (TPSA) is 58.6 Å². The Bertz CT molecular complexity index is 469. The van der Waals surface area contributed by atoms with Gasteiger partial charge in [0.25, 0.3) is 0 Å². The molecule has 1 aromatic rings. The second kappa shape index (κ2) is 5.83. The lowest BCUT2D eigenvalue weighted by atomic mass is 9.83. The van der Waals surface area contributed by atoms with Crippen molar-refractivity contribution in [1.29, 1.82) is 0 Å². The predicted molar refractivity (Wildman–Crippen MR) is 79.0 cm³/mol.